The number of carbonyl (C=O) groups excluding carboxylic acids is 1. The van der Waals surface area contributed by atoms with Gasteiger partial charge in [-0.25, -0.2) is 0 Å². The van der Waals surface area contributed by atoms with Gasteiger partial charge in [0.05, 0.1) is 5.92 Å². The van der Waals surface area contributed by atoms with E-state index in [-0.39, 0.29) is 18.0 Å². The average molecular weight is 346 g/mol. The van der Waals surface area contributed by atoms with Gasteiger partial charge in [0.15, 0.2) is 0 Å². The first-order valence-electron chi connectivity index (χ1n) is 11.0. The predicted octanol–water partition coefficient (Wildman–Crippen LogP) is 4.26. The largest absolute Gasteiger partial charge is 0.461 e. The highest BCUT2D eigenvalue weighted by molar-refractivity contribution is 5.75. The Kier molecular flexibility index (Phi) is 3.79. The molecule has 5 rings (SSSR count). The zero-order valence-electron chi connectivity index (χ0n) is 16.1. The molecule has 4 saturated carbocycles. The lowest BCUT2D eigenvalue weighted by Crippen LogP contribution is -2.37. The second-order valence-electron chi connectivity index (χ2n) is 10.2. The van der Waals surface area contributed by atoms with Crippen LogP contribution < -0.4 is 0 Å². The summed E-state index contributed by atoms with van der Waals surface area (Å²) < 4.78 is 6.21. The molecule has 1 heterocycles. The third-order valence-corrected chi connectivity index (χ3v) is 8.89. The Balaban J connectivity index is 1.39. The number of hydrogen-bond acceptors (Lipinski definition) is 3. The van der Waals surface area contributed by atoms with E-state index in [0.717, 1.165) is 19.0 Å². The summed E-state index contributed by atoms with van der Waals surface area (Å²) in [6.07, 6.45) is 13.9. The first-order chi connectivity index (χ1) is 12.1. The van der Waals surface area contributed by atoms with E-state index in [0.29, 0.717) is 22.7 Å². The van der Waals surface area contributed by atoms with Gasteiger partial charge in [0.1, 0.15) is 6.10 Å². The number of ether oxygens (including phenoxy) is 1. The second-order valence-corrected chi connectivity index (χ2v) is 10.2. The van der Waals surface area contributed by atoms with Crippen molar-refractivity contribution >= 4 is 5.97 Å². The maximum absolute atomic E-state index is 12.8. The third kappa shape index (κ3) is 2.51. The van der Waals surface area contributed by atoms with Crippen LogP contribution in [0, 0.1) is 34.5 Å². The van der Waals surface area contributed by atoms with Gasteiger partial charge in [-0.3, -0.25) is 4.79 Å². The molecule has 4 aliphatic carbocycles. The smallest absolute Gasteiger partial charge is 0.310 e. The number of nitrogens with zero attached hydrogens (tertiary/aromatic N) is 1. The summed E-state index contributed by atoms with van der Waals surface area (Å²) in [6.45, 7) is 4.26. The first-order valence-corrected chi connectivity index (χ1v) is 11.0. The van der Waals surface area contributed by atoms with Crippen molar-refractivity contribution in [3.8, 4) is 0 Å². The molecule has 0 radical (unpaired) electrons. The molecule has 0 bridgehead atoms. The maximum Gasteiger partial charge on any atom is 0.310 e. The van der Waals surface area contributed by atoms with Crippen molar-refractivity contribution in [3.05, 3.63) is 0 Å². The third-order valence-electron chi connectivity index (χ3n) is 8.89. The lowest BCUT2D eigenvalue weighted by molar-refractivity contribution is -0.147. The van der Waals surface area contributed by atoms with Crippen molar-refractivity contribution in [1.29, 1.82) is 0 Å². The number of carbonyl (C=O) groups is 1. The summed E-state index contributed by atoms with van der Waals surface area (Å²) in [4.78, 5) is 15.2. The molecule has 5 fully saturated rings. The fraction of sp³-hybridized carbons (Fsp3) is 0.955. The molecule has 0 aromatic heterocycles. The van der Waals surface area contributed by atoms with E-state index in [2.05, 4.69) is 18.9 Å². The lowest BCUT2D eigenvalue weighted by Gasteiger charge is -2.33. The van der Waals surface area contributed by atoms with E-state index >= 15 is 0 Å². The minimum Gasteiger partial charge on any atom is -0.461 e. The highest BCUT2D eigenvalue weighted by atomic mass is 16.6. The Hall–Kier alpha value is -0.570. The summed E-state index contributed by atoms with van der Waals surface area (Å²) >= 11 is 0. The van der Waals surface area contributed by atoms with Crippen LogP contribution >= 0.6 is 0 Å². The normalized spacial score (nSPS) is 42.4. The van der Waals surface area contributed by atoms with Gasteiger partial charge in [-0.05, 0) is 88.1 Å². The SMILES string of the molecule is CCCCN(C)C[C@@H]1C(=O)O[C@H]2C1CCC1(CC1)[C@@H]1CCC3(CC3)[C@@H]12. The van der Waals surface area contributed by atoms with Crippen LogP contribution in [0.5, 0.6) is 0 Å². The van der Waals surface area contributed by atoms with E-state index in [9.17, 15) is 4.79 Å². The molecule has 1 unspecified atom stereocenters. The van der Waals surface area contributed by atoms with Crippen LogP contribution in [-0.2, 0) is 9.53 Å². The molecule has 5 aliphatic rings. The van der Waals surface area contributed by atoms with Gasteiger partial charge in [-0.1, -0.05) is 13.3 Å². The van der Waals surface area contributed by atoms with Crippen LogP contribution in [0.4, 0.5) is 0 Å². The molecule has 1 aliphatic heterocycles. The highest BCUT2D eigenvalue weighted by Crippen LogP contribution is 2.74. The zero-order chi connectivity index (χ0) is 17.2. The second kappa shape index (κ2) is 5.71. The van der Waals surface area contributed by atoms with Gasteiger partial charge in [0, 0.05) is 18.4 Å². The molecule has 0 N–H and O–H groups in total. The quantitative estimate of drug-likeness (QED) is 0.697. The molecule has 0 amide bonds. The van der Waals surface area contributed by atoms with Crippen LogP contribution in [0.3, 0.4) is 0 Å². The Bertz CT molecular complexity index is 550. The Labute approximate surface area is 152 Å². The topological polar surface area (TPSA) is 29.5 Å². The fourth-order valence-corrected chi connectivity index (χ4v) is 7.13. The van der Waals surface area contributed by atoms with Gasteiger partial charge in [-0.15, -0.1) is 0 Å². The van der Waals surface area contributed by atoms with Crippen molar-refractivity contribution in [2.45, 2.75) is 77.2 Å². The average Bonchev–Trinajstić information content (AvgIpc) is 3.48. The molecule has 3 nitrogen and oxygen atoms in total. The van der Waals surface area contributed by atoms with E-state index in [1.54, 1.807) is 0 Å². The highest BCUT2D eigenvalue weighted by Gasteiger charge is 2.69. The molecule has 25 heavy (non-hydrogen) atoms. The molecule has 140 valence electrons. The van der Waals surface area contributed by atoms with Gasteiger partial charge < -0.3 is 9.64 Å². The predicted molar refractivity (Wildman–Crippen MR) is 98.0 cm³/mol. The van der Waals surface area contributed by atoms with E-state index in [1.165, 1.54) is 64.2 Å². The van der Waals surface area contributed by atoms with Gasteiger partial charge in [-0.2, -0.15) is 0 Å². The minimum atomic E-state index is 0.131. The first kappa shape index (κ1) is 16.6. The molecular formula is C22H35NO2. The van der Waals surface area contributed by atoms with Gasteiger partial charge in [0.2, 0.25) is 0 Å². The standard InChI is InChI=1S/C22H35NO2/c1-3-4-13-23(2)14-16-15-5-7-21(9-10-21)17-6-8-22(11-12-22)18(17)19(15)25-20(16)24/h15-19H,3-14H2,1-2H3/t15?,16-,17+,18-,19-/m0/s1. The van der Waals surface area contributed by atoms with E-state index in [4.69, 9.17) is 4.74 Å². The molecule has 1 saturated heterocycles. The molecule has 5 atom stereocenters. The molecule has 0 aromatic rings. The van der Waals surface area contributed by atoms with Crippen LogP contribution in [0.1, 0.15) is 71.1 Å². The van der Waals surface area contributed by atoms with E-state index in [1.807, 2.05) is 0 Å². The summed E-state index contributed by atoms with van der Waals surface area (Å²) in [6, 6.07) is 0. The number of esters is 1. The van der Waals surface area contributed by atoms with Crippen LogP contribution in [0.15, 0.2) is 0 Å². The molecule has 3 heteroatoms. The van der Waals surface area contributed by atoms with Crippen molar-refractivity contribution < 1.29 is 9.53 Å². The molecular weight excluding hydrogens is 310 g/mol. The molecule has 2 spiro atoms. The summed E-state index contributed by atoms with van der Waals surface area (Å²) in [5.41, 5.74) is 1.24. The van der Waals surface area contributed by atoms with Crippen molar-refractivity contribution in [3.63, 3.8) is 0 Å². The van der Waals surface area contributed by atoms with Gasteiger partial charge in [0.25, 0.3) is 0 Å². The monoisotopic (exact) mass is 345 g/mol. The van der Waals surface area contributed by atoms with Crippen molar-refractivity contribution in [2.75, 3.05) is 20.1 Å². The summed E-state index contributed by atoms with van der Waals surface area (Å²) in [5, 5.41) is 0. The maximum atomic E-state index is 12.8. The van der Waals surface area contributed by atoms with Crippen LogP contribution in [0.25, 0.3) is 0 Å². The van der Waals surface area contributed by atoms with E-state index < -0.39 is 0 Å². The summed E-state index contributed by atoms with van der Waals surface area (Å²) in [7, 11) is 2.19. The number of hydrogen-bond donors (Lipinski definition) is 0. The molecule has 0 aromatic carbocycles. The Morgan fingerprint density at radius 2 is 1.80 bits per heavy atom. The zero-order valence-corrected chi connectivity index (χ0v) is 16.1. The minimum absolute atomic E-state index is 0.131. The Morgan fingerprint density at radius 1 is 1.08 bits per heavy atom. The van der Waals surface area contributed by atoms with Crippen molar-refractivity contribution in [2.24, 2.45) is 34.5 Å². The lowest BCUT2D eigenvalue weighted by atomic mass is 9.73. The Morgan fingerprint density at radius 3 is 2.48 bits per heavy atom. The van der Waals surface area contributed by atoms with Crippen LogP contribution in [-0.4, -0.2) is 37.1 Å². The number of unbranched alkanes of at least 4 members (excludes halogenated alkanes) is 1. The van der Waals surface area contributed by atoms with Crippen LogP contribution in [0.2, 0.25) is 0 Å². The van der Waals surface area contributed by atoms with Gasteiger partial charge >= 0.3 is 5.97 Å². The summed E-state index contributed by atoms with van der Waals surface area (Å²) in [5.74, 6) is 2.34. The fourth-order valence-electron chi connectivity index (χ4n) is 7.13. The number of fused-ring (bicyclic) bond motifs is 5. The number of rotatable bonds is 5. The van der Waals surface area contributed by atoms with Crippen molar-refractivity contribution in [1.82, 2.24) is 4.90 Å².